The topological polar surface area (TPSA) is 43.1 Å². The average molecular weight is 213 g/mol. The molecule has 0 fully saturated rings. The van der Waals surface area contributed by atoms with E-state index in [-0.39, 0.29) is 11.8 Å². The van der Waals surface area contributed by atoms with Gasteiger partial charge in [-0.2, -0.15) is 0 Å². The van der Waals surface area contributed by atoms with E-state index < -0.39 is 0 Å². The average Bonchev–Trinajstić information content (AvgIpc) is 1.65. The van der Waals surface area contributed by atoms with E-state index in [0.29, 0.717) is 0 Å². The van der Waals surface area contributed by atoms with E-state index in [1.165, 1.54) is 0 Å². The van der Waals surface area contributed by atoms with Crippen LogP contribution in [-0.4, -0.2) is 10.3 Å². The lowest BCUT2D eigenvalue weighted by Gasteiger charge is -1.96. The first-order valence-electron chi connectivity index (χ1n) is 2.03. The molecule has 0 heterocycles. The molecule has 7 heavy (non-hydrogen) atoms. The normalized spacial score (nSPS) is 13.4. The van der Waals surface area contributed by atoms with Crippen molar-refractivity contribution in [3.8, 4) is 0 Å². The van der Waals surface area contributed by atoms with E-state index in [9.17, 15) is 4.79 Å². The maximum atomic E-state index is 10.1. The van der Waals surface area contributed by atoms with Crippen molar-refractivity contribution in [2.75, 3.05) is 4.43 Å². The van der Waals surface area contributed by atoms with Crippen molar-refractivity contribution >= 4 is 28.5 Å². The molecule has 0 aliphatic heterocycles. The first-order valence-corrected chi connectivity index (χ1v) is 3.56. The van der Waals surface area contributed by atoms with Crippen LogP contribution in [0.25, 0.3) is 0 Å². The quantitative estimate of drug-likeness (QED) is 0.528. The van der Waals surface area contributed by atoms with E-state index in [1.54, 1.807) is 0 Å². The van der Waals surface area contributed by atoms with Gasteiger partial charge in [0.1, 0.15) is 0 Å². The molecule has 0 spiro atoms. The first-order chi connectivity index (χ1) is 3.18. The molecule has 1 atom stereocenters. The number of hydrogen-bond acceptors (Lipinski definition) is 1. The second-order valence-electron chi connectivity index (χ2n) is 1.46. The van der Waals surface area contributed by atoms with Crippen LogP contribution in [0.1, 0.15) is 6.92 Å². The Hall–Kier alpha value is 0.200. The molecule has 3 heteroatoms. The molecule has 0 bridgehead atoms. The maximum Gasteiger partial charge on any atom is 0.221 e. The number of amides is 1. The second-order valence-corrected chi connectivity index (χ2v) is 2.34. The number of primary amides is 1. The number of rotatable bonds is 2. The third kappa shape index (κ3) is 2.85. The van der Waals surface area contributed by atoms with Gasteiger partial charge >= 0.3 is 0 Å². The van der Waals surface area contributed by atoms with Crippen molar-refractivity contribution in [2.45, 2.75) is 6.92 Å². The fourth-order valence-electron chi connectivity index (χ4n) is 0.0760. The Morgan fingerprint density at radius 2 is 2.43 bits per heavy atom. The Bertz CT molecular complexity index is 74.1. The Morgan fingerprint density at radius 1 is 2.00 bits per heavy atom. The Labute approximate surface area is 56.6 Å². The van der Waals surface area contributed by atoms with Crippen LogP contribution in [0.15, 0.2) is 0 Å². The van der Waals surface area contributed by atoms with Gasteiger partial charge in [-0.15, -0.1) is 0 Å². The van der Waals surface area contributed by atoms with Crippen LogP contribution in [0.2, 0.25) is 0 Å². The summed E-state index contributed by atoms with van der Waals surface area (Å²) in [5, 5.41) is 0. The number of halogens is 1. The molecule has 42 valence electrons. The Kier molecular flexibility index (Phi) is 3.33. The molecule has 0 unspecified atom stereocenters. The predicted molar refractivity (Wildman–Crippen MR) is 37.2 cm³/mol. The van der Waals surface area contributed by atoms with Crippen molar-refractivity contribution in [1.29, 1.82) is 0 Å². The lowest BCUT2D eigenvalue weighted by Crippen LogP contribution is -2.21. The molecule has 0 aromatic carbocycles. The van der Waals surface area contributed by atoms with Crippen molar-refractivity contribution in [3.63, 3.8) is 0 Å². The van der Waals surface area contributed by atoms with Crippen molar-refractivity contribution in [3.05, 3.63) is 0 Å². The summed E-state index contributed by atoms with van der Waals surface area (Å²) >= 11 is 2.13. The molecule has 0 aromatic heterocycles. The summed E-state index contributed by atoms with van der Waals surface area (Å²) in [7, 11) is 0. The van der Waals surface area contributed by atoms with Gasteiger partial charge in [0, 0.05) is 10.3 Å². The van der Waals surface area contributed by atoms with Crippen LogP contribution < -0.4 is 5.73 Å². The van der Waals surface area contributed by atoms with Gasteiger partial charge in [-0.3, -0.25) is 4.79 Å². The lowest BCUT2D eigenvalue weighted by atomic mass is 10.2. The summed E-state index contributed by atoms with van der Waals surface area (Å²) in [4.78, 5) is 10.1. The van der Waals surface area contributed by atoms with Gasteiger partial charge in [0.25, 0.3) is 0 Å². The van der Waals surface area contributed by atoms with Gasteiger partial charge in [0.15, 0.2) is 0 Å². The van der Waals surface area contributed by atoms with Gasteiger partial charge in [0.05, 0.1) is 0 Å². The van der Waals surface area contributed by atoms with Gasteiger partial charge in [0.2, 0.25) is 5.91 Å². The highest BCUT2D eigenvalue weighted by atomic mass is 127. The van der Waals surface area contributed by atoms with Gasteiger partial charge in [-0.05, 0) is 0 Å². The Morgan fingerprint density at radius 3 is 2.43 bits per heavy atom. The molecule has 2 N–H and O–H groups in total. The van der Waals surface area contributed by atoms with Crippen molar-refractivity contribution < 1.29 is 4.79 Å². The van der Waals surface area contributed by atoms with E-state index in [4.69, 9.17) is 5.73 Å². The molecule has 0 saturated carbocycles. The number of nitrogens with two attached hydrogens (primary N) is 1. The maximum absolute atomic E-state index is 10.1. The van der Waals surface area contributed by atoms with Crippen LogP contribution in [0.5, 0.6) is 0 Å². The first kappa shape index (κ1) is 7.20. The lowest BCUT2D eigenvalue weighted by molar-refractivity contribution is -0.120. The van der Waals surface area contributed by atoms with Gasteiger partial charge in [-0.25, -0.2) is 0 Å². The molecule has 0 aliphatic rings. The molecule has 0 saturated heterocycles. The van der Waals surface area contributed by atoms with Gasteiger partial charge in [-0.1, -0.05) is 29.5 Å². The van der Waals surface area contributed by atoms with E-state index in [1.807, 2.05) is 6.92 Å². The third-order valence-electron chi connectivity index (χ3n) is 0.717. The highest BCUT2D eigenvalue weighted by Gasteiger charge is 2.03. The van der Waals surface area contributed by atoms with Crippen LogP contribution in [0, 0.1) is 5.92 Å². The van der Waals surface area contributed by atoms with Crippen LogP contribution in [-0.2, 0) is 4.79 Å². The highest BCUT2D eigenvalue weighted by Crippen LogP contribution is 1.96. The molecule has 0 radical (unpaired) electrons. The fraction of sp³-hybridized carbons (Fsp3) is 0.750. The van der Waals surface area contributed by atoms with Crippen molar-refractivity contribution in [2.24, 2.45) is 11.7 Å². The molecule has 2 nitrogen and oxygen atoms in total. The Balaban J connectivity index is 3.34. The minimum atomic E-state index is -0.214. The minimum absolute atomic E-state index is 0.0283. The predicted octanol–water partition coefficient (Wildman–Crippen LogP) is 0.543. The molecule has 1 amide bonds. The molecular formula is C4H8INO. The van der Waals surface area contributed by atoms with Crippen molar-refractivity contribution in [1.82, 2.24) is 0 Å². The van der Waals surface area contributed by atoms with Gasteiger partial charge < -0.3 is 5.73 Å². The number of carbonyl (C=O) groups is 1. The zero-order chi connectivity index (χ0) is 5.86. The standard InChI is InChI=1S/C4H8INO/c1-3(2-5)4(6)7/h3H,2H2,1H3,(H2,6,7)/t3-/m1/s1. The van der Waals surface area contributed by atoms with E-state index >= 15 is 0 Å². The summed E-state index contributed by atoms with van der Waals surface area (Å²) in [6.07, 6.45) is 0. The number of hydrogen-bond donors (Lipinski definition) is 1. The number of carbonyl (C=O) groups excluding carboxylic acids is 1. The second kappa shape index (κ2) is 3.23. The summed E-state index contributed by atoms with van der Waals surface area (Å²) in [6.45, 7) is 1.81. The van der Waals surface area contributed by atoms with Crippen LogP contribution >= 0.6 is 22.6 Å². The molecule has 0 aromatic rings. The molecule has 0 rings (SSSR count). The summed E-state index contributed by atoms with van der Waals surface area (Å²) in [5.74, 6) is -0.185. The SMILES string of the molecule is C[C@H](CI)C(N)=O. The summed E-state index contributed by atoms with van der Waals surface area (Å²) < 4.78 is 0.813. The molecule has 0 aliphatic carbocycles. The minimum Gasteiger partial charge on any atom is -0.369 e. The highest BCUT2D eigenvalue weighted by molar-refractivity contribution is 14.1. The summed E-state index contributed by atoms with van der Waals surface area (Å²) in [5.41, 5.74) is 4.90. The van der Waals surface area contributed by atoms with Crippen LogP contribution in [0.3, 0.4) is 0 Å². The fourth-order valence-corrected chi connectivity index (χ4v) is 0.510. The zero-order valence-corrected chi connectivity index (χ0v) is 6.31. The smallest absolute Gasteiger partial charge is 0.221 e. The van der Waals surface area contributed by atoms with Crippen LogP contribution in [0.4, 0.5) is 0 Å². The van der Waals surface area contributed by atoms with E-state index in [0.717, 1.165) is 4.43 Å². The van der Waals surface area contributed by atoms with E-state index in [2.05, 4.69) is 22.6 Å². The zero-order valence-electron chi connectivity index (χ0n) is 4.15. The monoisotopic (exact) mass is 213 g/mol. The number of alkyl halides is 1. The third-order valence-corrected chi connectivity index (χ3v) is 2.04. The summed E-state index contributed by atoms with van der Waals surface area (Å²) in [6, 6.07) is 0. The molecular weight excluding hydrogens is 205 g/mol. The largest absolute Gasteiger partial charge is 0.369 e.